The van der Waals surface area contributed by atoms with Gasteiger partial charge in [0.25, 0.3) is 0 Å². The zero-order valence-corrected chi connectivity index (χ0v) is 34.7. The lowest BCUT2D eigenvalue weighted by atomic mass is 10.0. The molecule has 0 aromatic heterocycles. The van der Waals surface area contributed by atoms with Crippen LogP contribution in [0.5, 0.6) is 0 Å². The Kier molecular flexibility index (Phi) is 26.5. The zero-order valence-electron chi connectivity index (χ0n) is 34.7. The molecule has 0 spiro atoms. The van der Waals surface area contributed by atoms with E-state index in [0.717, 1.165) is 13.1 Å². The Morgan fingerprint density at radius 3 is 0.788 bits per heavy atom. The second-order valence-corrected chi connectivity index (χ2v) is 16.4. The first-order chi connectivity index (χ1) is 25.8. The molecule has 2 N–H and O–H groups in total. The smallest absolute Gasteiger partial charge is 0.0346 e. The fourth-order valence-electron chi connectivity index (χ4n) is 8.03. The lowest BCUT2D eigenvalue weighted by Crippen LogP contribution is -2.01. The second-order valence-electron chi connectivity index (χ2n) is 16.4. The van der Waals surface area contributed by atoms with Crippen LogP contribution >= 0.6 is 0 Å². The molecule has 0 aliphatic heterocycles. The van der Waals surface area contributed by atoms with Crippen LogP contribution in [0, 0.1) is 0 Å². The molecule has 0 fully saturated rings. The number of nitrogens with one attached hydrogen (secondary N) is 2. The molecule has 294 valence electrons. The summed E-state index contributed by atoms with van der Waals surface area (Å²) in [5, 5.41) is 12.7. The Labute approximate surface area is 323 Å². The summed E-state index contributed by atoms with van der Waals surface area (Å²) in [6, 6.07) is 18.5. The molecule has 0 saturated heterocycles. The summed E-state index contributed by atoms with van der Waals surface area (Å²) in [6.07, 6.45) is 45.5. The van der Waals surface area contributed by atoms with Crippen molar-refractivity contribution in [2.45, 2.75) is 219 Å². The van der Waals surface area contributed by atoms with Gasteiger partial charge in [-0.15, -0.1) is 0 Å². The van der Waals surface area contributed by atoms with E-state index in [1.54, 1.807) is 0 Å². The minimum atomic E-state index is 1.08. The Hall–Kier alpha value is -2.22. The summed E-state index contributed by atoms with van der Waals surface area (Å²) in [7, 11) is 0. The Morgan fingerprint density at radius 2 is 0.519 bits per heavy atom. The molecule has 3 rings (SSSR count). The molecule has 0 radical (unpaired) electrons. The van der Waals surface area contributed by atoms with E-state index in [4.69, 9.17) is 0 Å². The molecule has 3 aromatic rings. The van der Waals surface area contributed by atoms with Crippen molar-refractivity contribution in [2.24, 2.45) is 0 Å². The van der Waals surface area contributed by atoms with Gasteiger partial charge in [-0.05, 0) is 70.8 Å². The minimum absolute atomic E-state index is 1.08. The molecule has 0 unspecified atom stereocenters. The van der Waals surface area contributed by atoms with Crippen molar-refractivity contribution in [3.05, 3.63) is 48.5 Å². The predicted octanol–water partition coefficient (Wildman–Crippen LogP) is 17.3. The topological polar surface area (TPSA) is 24.1 Å². The number of hydrogen-bond donors (Lipinski definition) is 2. The van der Waals surface area contributed by atoms with Crippen LogP contribution < -0.4 is 10.6 Å². The monoisotopic (exact) mass is 713 g/mol. The van der Waals surface area contributed by atoms with Gasteiger partial charge >= 0.3 is 0 Å². The van der Waals surface area contributed by atoms with Crippen LogP contribution in [-0.4, -0.2) is 13.1 Å². The molecule has 2 heteroatoms. The van der Waals surface area contributed by atoms with Crippen LogP contribution in [0.25, 0.3) is 21.5 Å². The van der Waals surface area contributed by atoms with Crippen molar-refractivity contribution >= 4 is 32.9 Å². The van der Waals surface area contributed by atoms with Crippen LogP contribution in [0.1, 0.15) is 219 Å². The molecule has 0 atom stereocenters. The summed E-state index contributed by atoms with van der Waals surface area (Å²) < 4.78 is 0. The van der Waals surface area contributed by atoms with Gasteiger partial charge in [0.2, 0.25) is 0 Å². The minimum Gasteiger partial charge on any atom is -0.385 e. The van der Waals surface area contributed by atoms with E-state index >= 15 is 0 Å². The highest BCUT2D eigenvalue weighted by molar-refractivity contribution is 6.00. The van der Waals surface area contributed by atoms with E-state index in [0.29, 0.717) is 0 Å². The summed E-state index contributed by atoms with van der Waals surface area (Å²) in [4.78, 5) is 0. The largest absolute Gasteiger partial charge is 0.385 e. The number of unbranched alkanes of at least 4 members (excludes halogenated alkanes) is 30. The lowest BCUT2D eigenvalue weighted by molar-refractivity contribution is 0.530. The maximum atomic E-state index is 3.70. The SMILES string of the molecule is CCCCCCCCCCCCCCCCCCNc1ccc2cc3cc(NCCCCCCCCCCCCCCCCCC)ccc3cc2c1. The van der Waals surface area contributed by atoms with Gasteiger partial charge in [-0.3, -0.25) is 0 Å². The summed E-state index contributed by atoms with van der Waals surface area (Å²) >= 11 is 0. The molecule has 0 heterocycles. The van der Waals surface area contributed by atoms with Crippen LogP contribution in [0.15, 0.2) is 48.5 Å². The number of hydrogen-bond acceptors (Lipinski definition) is 2. The number of fused-ring (bicyclic) bond motifs is 2. The molecule has 2 nitrogen and oxygen atoms in total. The highest BCUT2D eigenvalue weighted by Crippen LogP contribution is 2.28. The van der Waals surface area contributed by atoms with E-state index in [1.165, 1.54) is 238 Å². The third-order valence-electron chi connectivity index (χ3n) is 11.5. The van der Waals surface area contributed by atoms with Crippen LogP contribution in [-0.2, 0) is 0 Å². The van der Waals surface area contributed by atoms with Crippen molar-refractivity contribution in [3.63, 3.8) is 0 Å². The second kappa shape index (κ2) is 31.2. The van der Waals surface area contributed by atoms with Crippen molar-refractivity contribution in [1.29, 1.82) is 0 Å². The van der Waals surface area contributed by atoms with Crippen LogP contribution in [0.3, 0.4) is 0 Å². The first-order valence-electron chi connectivity index (χ1n) is 23.3. The van der Waals surface area contributed by atoms with E-state index in [2.05, 4.69) is 73.0 Å². The Bertz CT molecular complexity index is 1150. The first-order valence-corrected chi connectivity index (χ1v) is 23.3. The van der Waals surface area contributed by atoms with Gasteiger partial charge in [0.1, 0.15) is 0 Å². The van der Waals surface area contributed by atoms with Gasteiger partial charge in [0.05, 0.1) is 0 Å². The van der Waals surface area contributed by atoms with Crippen molar-refractivity contribution in [3.8, 4) is 0 Å². The highest BCUT2D eigenvalue weighted by Gasteiger charge is 2.03. The van der Waals surface area contributed by atoms with Crippen LogP contribution in [0.2, 0.25) is 0 Å². The Morgan fingerprint density at radius 1 is 0.269 bits per heavy atom. The zero-order chi connectivity index (χ0) is 36.6. The molecule has 0 amide bonds. The molecule has 0 aliphatic rings. The first kappa shape index (κ1) is 44.2. The third kappa shape index (κ3) is 21.5. The molecular weight excluding hydrogens is 629 g/mol. The molecule has 0 saturated carbocycles. The standard InChI is InChI=1S/C50H84N2/c1-3-5-7-9-11-13-15-17-19-21-23-25-27-29-31-33-39-51-49-37-35-45-42-48-44-50(38-36-46(48)41-47(45)43-49)52-40-34-32-30-28-26-24-22-20-18-16-14-12-10-8-6-4-2/h35-38,41-44,51-52H,3-34,39-40H2,1-2H3. The van der Waals surface area contributed by atoms with Gasteiger partial charge in [0.15, 0.2) is 0 Å². The Balaban J connectivity index is 1.16. The predicted molar refractivity (Wildman–Crippen MR) is 238 cm³/mol. The van der Waals surface area contributed by atoms with Gasteiger partial charge in [0, 0.05) is 24.5 Å². The normalized spacial score (nSPS) is 11.6. The molecular formula is C50H84N2. The maximum absolute atomic E-state index is 3.70. The lowest BCUT2D eigenvalue weighted by Gasteiger charge is -2.11. The number of benzene rings is 3. The van der Waals surface area contributed by atoms with Crippen molar-refractivity contribution < 1.29 is 0 Å². The van der Waals surface area contributed by atoms with Crippen LogP contribution in [0.4, 0.5) is 11.4 Å². The van der Waals surface area contributed by atoms with Gasteiger partial charge in [-0.2, -0.15) is 0 Å². The molecule has 0 bridgehead atoms. The van der Waals surface area contributed by atoms with E-state index in [9.17, 15) is 0 Å². The summed E-state index contributed by atoms with van der Waals surface area (Å²) in [5.41, 5.74) is 2.51. The van der Waals surface area contributed by atoms with Crippen molar-refractivity contribution in [2.75, 3.05) is 23.7 Å². The quantitative estimate of drug-likeness (QED) is 0.0463. The molecule has 52 heavy (non-hydrogen) atoms. The fourth-order valence-corrected chi connectivity index (χ4v) is 8.03. The molecule has 0 aliphatic carbocycles. The van der Waals surface area contributed by atoms with E-state index in [-0.39, 0.29) is 0 Å². The summed E-state index contributed by atoms with van der Waals surface area (Å²) in [5.74, 6) is 0. The van der Waals surface area contributed by atoms with E-state index < -0.39 is 0 Å². The van der Waals surface area contributed by atoms with Gasteiger partial charge in [-0.25, -0.2) is 0 Å². The van der Waals surface area contributed by atoms with Crippen molar-refractivity contribution in [1.82, 2.24) is 0 Å². The van der Waals surface area contributed by atoms with E-state index in [1.807, 2.05) is 0 Å². The number of anilines is 2. The summed E-state index contributed by atoms with van der Waals surface area (Å²) in [6.45, 7) is 6.76. The van der Waals surface area contributed by atoms with Gasteiger partial charge < -0.3 is 10.6 Å². The number of rotatable bonds is 36. The average Bonchev–Trinajstić information content (AvgIpc) is 3.16. The molecule has 3 aromatic carbocycles. The average molecular weight is 713 g/mol. The third-order valence-corrected chi connectivity index (χ3v) is 11.5. The fraction of sp³-hybridized carbons (Fsp3) is 0.720. The highest BCUT2D eigenvalue weighted by atomic mass is 14.9. The van der Waals surface area contributed by atoms with Gasteiger partial charge in [-0.1, -0.05) is 219 Å². The maximum Gasteiger partial charge on any atom is 0.0346 e.